The van der Waals surface area contributed by atoms with E-state index in [1.165, 1.54) is 73.6 Å². The summed E-state index contributed by atoms with van der Waals surface area (Å²) in [4.78, 5) is 2.82. The van der Waals surface area contributed by atoms with E-state index in [1.54, 1.807) is 0 Å². The molecule has 2 fully saturated rings. The van der Waals surface area contributed by atoms with Crippen LogP contribution in [0.2, 0.25) is 0 Å². The maximum Gasteiger partial charge on any atom is 0.0486 e. The van der Waals surface area contributed by atoms with E-state index in [0.29, 0.717) is 6.04 Å². The van der Waals surface area contributed by atoms with Crippen LogP contribution in [0.15, 0.2) is 60.8 Å². The van der Waals surface area contributed by atoms with Crippen molar-refractivity contribution in [3.05, 3.63) is 71.9 Å². The fourth-order valence-electron chi connectivity index (χ4n) is 6.32. The highest BCUT2D eigenvalue weighted by Crippen LogP contribution is 2.35. The van der Waals surface area contributed by atoms with E-state index in [4.69, 9.17) is 0 Å². The lowest BCUT2D eigenvalue weighted by atomic mass is 9.79. The standard InChI is InChI=1S/C30H41N3/c1-23(2)25-12-14-27(15-13-25)32-18-16-28(17-19-32)33-22-26(29-10-6-7-11-30(29)33)21-31-20-24-8-4-3-5-9-24/h3-11,22-23,25,27-28,31H,12-21H2,1-2H3. The number of benzene rings is 2. The minimum absolute atomic E-state index is 0.626. The SMILES string of the molecule is CC(C)C1CCC(N2CCC(n3cc(CNCc4ccccc4)c4ccccc43)CC2)CC1. The lowest BCUT2D eigenvalue weighted by molar-refractivity contribution is 0.0894. The lowest BCUT2D eigenvalue weighted by Crippen LogP contribution is -2.43. The summed E-state index contributed by atoms with van der Waals surface area (Å²) >= 11 is 0. The summed E-state index contributed by atoms with van der Waals surface area (Å²) in [5.41, 5.74) is 4.18. The second kappa shape index (κ2) is 10.4. The maximum atomic E-state index is 3.67. The summed E-state index contributed by atoms with van der Waals surface area (Å²) in [6.07, 6.45) is 10.7. The first-order valence-corrected chi connectivity index (χ1v) is 13.3. The first-order valence-electron chi connectivity index (χ1n) is 13.3. The summed E-state index contributed by atoms with van der Waals surface area (Å²) in [5, 5.41) is 5.08. The molecule has 2 heterocycles. The minimum atomic E-state index is 0.626. The van der Waals surface area contributed by atoms with Crippen LogP contribution in [0.25, 0.3) is 10.9 Å². The first kappa shape index (κ1) is 22.7. The Kier molecular flexibility index (Phi) is 7.18. The molecule has 1 aromatic heterocycles. The predicted octanol–water partition coefficient (Wildman–Crippen LogP) is 6.78. The van der Waals surface area contributed by atoms with E-state index >= 15 is 0 Å². The van der Waals surface area contributed by atoms with Crippen LogP contribution < -0.4 is 5.32 Å². The molecule has 1 saturated heterocycles. The van der Waals surface area contributed by atoms with Gasteiger partial charge in [0.15, 0.2) is 0 Å². The number of hydrogen-bond acceptors (Lipinski definition) is 2. The van der Waals surface area contributed by atoms with Crippen molar-refractivity contribution >= 4 is 10.9 Å². The Morgan fingerprint density at radius 2 is 1.48 bits per heavy atom. The molecule has 3 aromatic rings. The maximum absolute atomic E-state index is 3.67. The van der Waals surface area contributed by atoms with Crippen LogP contribution in [0.5, 0.6) is 0 Å². The molecule has 1 aliphatic heterocycles. The third-order valence-corrected chi connectivity index (χ3v) is 8.40. The van der Waals surface area contributed by atoms with Crippen molar-refractivity contribution < 1.29 is 0 Å². The highest BCUT2D eigenvalue weighted by Gasteiger charge is 2.30. The van der Waals surface area contributed by atoms with Crippen molar-refractivity contribution in [1.29, 1.82) is 0 Å². The van der Waals surface area contributed by atoms with Gasteiger partial charge in [-0.2, -0.15) is 0 Å². The zero-order chi connectivity index (χ0) is 22.6. The van der Waals surface area contributed by atoms with Crippen LogP contribution in [-0.4, -0.2) is 28.6 Å². The van der Waals surface area contributed by atoms with Crippen LogP contribution in [0.1, 0.15) is 69.5 Å². The van der Waals surface area contributed by atoms with Crippen LogP contribution in [-0.2, 0) is 13.1 Å². The quantitative estimate of drug-likeness (QED) is 0.434. The Labute approximate surface area is 200 Å². The van der Waals surface area contributed by atoms with Crippen LogP contribution in [0.3, 0.4) is 0 Å². The molecule has 0 unspecified atom stereocenters. The van der Waals surface area contributed by atoms with Gasteiger partial charge < -0.3 is 14.8 Å². The number of aromatic nitrogens is 1. The highest BCUT2D eigenvalue weighted by molar-refractivity contribution is 5.84. The summed E-state index contributed by atoms with van der Waals surface area (Å²) in [7, 11) is 0. The third kappa shape index (κ3) is 5.20. The normalized spacial score (nSPS) is 22.9. The molecule has 0 amide bonds. The van der Waals surface area contributed by atoms with E-state index in [9.17, 15) is 0 Å². The Morgan fingerprint density at radius 1 is 0.788 bits per heavy atom. The Bertz CT molecular complexity index is 1010. The first-order chi connectivity index (χ1) is 16.2. The average molecular weight is 444 g/mol. The number of nitrogens with zero attached hydrogens (tertiary/aromatic N) is 2. The fraction of sp³-hybridized carbons (Fsp3) is 0.533. The molecule has 176 valence electrons. The van der Waals surface area contributed by atoms with Crippen molar-refractivity contribution in [1.82, 2.24) is 14.8 Å². The molecule has 0 spiro atoms. The van der Waals surface area contributed by atoms with Gasteiger partial charge in [-0.05, 0) is 67.6 Å². The summed E-state index contributed by atoms with van der Waals surface area (Å²) in [5.74, 6) is 1.81. The number of hydrogen-bond donors (Lipinski definition) is 1. The van der Waals surface area contributed by atoms with Gasteiger partial charge in [0.25, 0.3) is 0 Å². The number of piperidine rings is 1. The van der Waals surface area contributed by atoms with E-state index in [1.807, 2.05) is 0 Å². The number of likely N-dealkylation sites (tertiary alicyclic amines) is 1. The molecule has 3 nitrogen and oxygen atoms in total. The van der Waals surface area contributed by atoms with Crippen molar-refractivity contribution in [2.75, 3.05) is 13.1 Å². The fourth-order valence-corrected chi connectivity index (χ4v) is 6.32. The molecule has 0 atom stereocenters. The van der Waals surface area contributed by atoms with Crippen molar-refractivity contribution in [2.45, 2.75) is 77.5 Å². The van der Waals surface area contributed by atoms with Gasteiger partial charge in [-0.1, -0.05) is 62.4 Å². The van der Waals surface area contributed by atoms with Crippen LogP contribution >= 0.6 is 0 Å². The van der Waals surface area contributed by atoms with E-state index in [-0.39, 0.29) is 0 Å². The number of nitrogens with one attached hydrogen (secondary N) is 1. The molecule has 1 saturated carbocycles. The van der Waals surface area contributed by atoms with Gasteiger partial charge in [-0.25, -0.2) is 0 Å². The van der Waals surface area contributed by atoms with Crippen molar-refractivity contribution in [3.63, 3.8) is 0 Å². The largest absolute Gasteiger partial charge is 0.344 e. The third-order valence-electron chi connectivity index (χ3n) is 8.40. The summed E-state index contributed by atoms with van der Waals surface area (Å²) in [6.45, 7) is 9.16. The molecule has 33 heavy (non-hydrogen) atoms. The second-order valence-corrected chi connectivity index (χ2v) is 10.7. The van der Waals surface area contributed by atoms with Crippen LogP contribution in [0.4, 0.5) is 0 Å². The van der Waals surface area contributed by atoms with Crippen molar-refractivity contribution in [2.24, 2.45) is 11.8 Å². The van der Waals surface area contributed by atoms with E-state index < -0.39 is 0 Å². The second-order valence-electron chi connectivity index (χ2n) is 10.7. The Balaban J connectivity index is 1.21. The topological polar surface area (TPSA) is 20.2 Å². The molecule has 2 aromatic carbocycles. The molecule has 1 N–H and O–H groups in total. The zero-order valence-electron chi connectivity index (χ0n) is 20.5. The van der Waals surface area contributed by atoms with Gasteiger partial charge in [0, 0.05) is 55.4 Å². The zero-order valence-corrected chi connectivity index (χ0v) is 20.5. The predicted molar refractivity (Wildman–Crippen MR) is 139 cm³/mol. The summed E-state index contributed by atoms with van der Waals surface area (Å²) in [6, 6.07) is 21.2. The minimum Gasteiger partial charge on any atom is -0.344 e. The van der Waals surface area contributed by atoms with Gasteiger partial charge in [-0.15, -0.1) is 0 Å². The van der Waals surface area contributed by atoms with Gasteiger partial charge in [0.05, 0.1) is 0 Å². The highest BCUT2D eigenvalue weighted by atomic mass is 15.2. The smallest absolute Gasteiger partial charge is 0.0486 e. The molecule has 0 radical (unpaired) electrons. The van der Waals surface area contributed by atoms with Gasteiger partial charge in [0.1, 0.15) is 0 Å². The number of rotatable bonds is 7. The average Bonchev–Trinajstić information content (AvgIpc) is 3.24. The van der Waals surface area contributed by atoms with Gasteiger partial charge >= 0.3 is 0 Å². The molecule has 2 aliphatic rings. The molecular weight excluding hydrogens is 402 g/mol. The van der Waals surface area contributed by atoms with Crippen molar-refractivity contribution in [3.8, 4) is 0 Å². The molecule has 3 heteroatoms. The molecular formula is C30H41N3. The Morgan fingerprint density at radius 3 is 2.21 bits per heavy atom. The van der Waals surface area contributed by atoms with Gasteiger partial charge in [0.2, 0.25) is 0 Å². The van der Waals surface area contributed by atoms with E-state index in [2.05, 4.69) is 89.4 Å². The van der Waals surface area contributed by atoms with E-state index in [0.717, 1.165) is 31.0 Å². The molecule has 5 rings (SSSR count). The summed E-state index contributed by atoms with van der Waals surface area (Å²) < 4.78 is 2.60. The van der Waals surface area contributed by atoms with Crippen LogP contribution in [0, 0.1) is 11.8 Å². The number of para-hydroxylation sites is 1. The molecule has 1 aliphatic carbocycles. The molecule has 0 bridgehead atoms. The Hall–Kier alpha value is -2.10. The number of fused-ring (bicyclic) bond motifs is 1. The van der Waals surface area contributed by atoms with Gasteiger partial charge in [-0.3, -0.25) is 0 Å². The monoisotopic (exact) mass is 443 g/mol. The lowest BCUT2D eigenvalue weighted by Gasteiger charge is -2.42.